The smallest absolute Gasteiger partial charge is 0.213 e. The summed E-state index contributed by atoms with van der Waals surface area (Å²) in [5, 5.41) is 3.50. The molecule has 3 nitrogen and oxygen atoms in total. The zero-order valence-electron chi connectivity index (χ0n) is 12.4. The van der Waals surface area contributed by atoms with E-state index in [4.69, 9.17) is 4.74 Å². The fourth-order valence-corrected chi connectivity index (χ4v) is 2.14. The summed E-state index contributed by atoms with van der Waals surface area (Å²) in [6.45, 7) is 5.42. The Morgan fingerprint density at radius 3 is 2.55 bits per heavy atom. The topological polar surface area (TPSA) is 34.2 Å². The monoisotopic (exact) mass is 270 g/mol. The average Bonchev–Trinajstić information content (AvgIpc) is 2.52. The molecule has 2 aromatic rings. The Morgan fingerprint density at radius 2 is 1.90 bits per heavy atom. The van der Waals surface area contributed by atoms with E-state index < -0.39 is 0 Å². The van der Waals surface area contributed by atoms with E-state index in [0.717, 1.165) is 18.5 Å². The molecule has 1 atom stereocenters. The van der Waals surface area contributed by atoms with Crippen molar-refractivity contribution in [3.63, 3.8) is 0 Å². The lowest BCUT2D eigenvalue weighted by Gasteiger charge is -2.14. The Kier molecular flexibility index (Phi) is 5.13. The highest BCUT2D eigenvalue weighted by atomic mass is 16.5. The molecule has 0 spiro atoms. The standard InChI is InChI=1S/C17H22N2O/c1-4-10-18-13(2)14-5-7-15(8-6-14)16-9-11-19-17(12-16)20-3/h5-9,11-13,18H,4,10H2,1-3H3. The molecule has 0 aliphatic rings. The molecule has 1 heterocycles. The number of rotatable bonds is 6. The highest BCUT2D eigenvalue weighted by Crippen LogP contribution is 2.24. The van der Waals surface area contributed by atoms with E-state index in [1.54, 1.807) is 13.3 Å². The molecule has 0 saturated carbocycles. The SMILES string of the molecule is CCCNC(C)c1ccc(-c2ccnc(OC)c2)cc1. The second-order valence-corrected chi connectivity index (χ2v) is 4.88. The van der Waals surface area contributed by atoms with E-state index in [0.29, 0.717) is 11.9 Å². The third-order valence-electron chi connectivity index (χ3n) is 3.39. The zero-order chi connectivity index (χ0) is 14.4. The van der Waals surface area contributed by atoms with Crippen LogP contribution in [0.15, 0.2) is 42.6 Å². The van der Waals surface area contributed by atoms with Gasteiger partial charge in [0.2, 0.25) is 5.88 Å². The molecule has 0 fully saturated rings. The molecular weight excluding hydrogens is 248 g/mol. The van der Waals surface area contributed by atoms with Crippen molar-refractivity contribution in [1.82, 2.24) is 10.3 Å². The Bertz CT molecular complexity index is 537. The summed E-state index contributed by atoms with van der Waals surface area (Å²) >= 11 is 0. The Hall–Kier alpha value is -1.87. The molecule has 1 unspecified atom stereocenters. The summed E-state index contributed by atoms with van der Waals surface area (Å²) < 4.78 is 5.16. The van der Waals surface area contributed by atoms with Crippen LogP contribution in [0, 0.1) is 0 Å². The van der Waals surface area contributed by atoms with Crippen molar-refractivity contribution in [3.05, 3.63) is 48.2 Å². The van der Waals surface area contributed by atoms with Gasteiger partial charge in [0.15, 0.2) is 0 Å². The molecular formula is C17H22N2O. The lowest BCUT2D eigenvalue weighted by molar-refractivity contribution is 0.398. The molecule has 0 aliphatic carbocycles. The van der Waals surface area contributed by atoms with Gasteiger partial charge in [0.05, 0.1) is 7.11 Å². The van der Waals surface area contributed by atoms with Crippen LogP contribution >= 0.6 is 0 Å². The minimum absolute atomic E-state index is 0.385. The van der Waals surface area contributed by atoms with Crippen molar-refractivity contribution < 1.29 is 4.74 Å². The van der Waals surface area contributed by atoms with Crippen LogP contribution in [0.25, 0.3) is 11.1 Å². The van der Waals surface area contributed by atoms with Crippen molar-refractivity contribution in [1.29, 1.82) is 0 Å². The first-order chi connectivity index (χ1) is 9.74. The maximum absolute atomic E-state index is 5.16. The van der Waals surface area contributed by atoms with Gasteiger partial charge in [0, 0.05) is 18.3 Å². The lowest BCUT2D eigenvalue weighted by atomic mass is 10.0. The summed E-state index contributed by atoms with van der Waals surface area (Å²) in [5.74, 6) is 0.643. The molecule has 0 aliphatic heterocycles. The van der Waals surface area contributed by atoms with Crippen LogP contribution in [0.5, 0.6) is 5.88 Å². The maximum atomic E-state index is 5.16. The van der Waals surface area contributed by atoms with Crippen LogP contribution in [0.4, 0.5) is 0 Å². The first-order valence-corrected chi connectivity index (χ1v) is 7.08. The summed E-state index contributed by atoms with van der Waals surface area (Å²) in [5.41, 5.74) is 3.61. The van der Waals surface area contributed by atoms with E-state index in [1.807, 2.05) is 12.1 Å². The average molecular weight is 270 g/mol. The molecule has 2 rings (SSSR count). The van der Waals surface area contributed by atoms with E-state index in [-0.39, 0.29) is 0 Å². The maximum Gasteiger partial charge on any atom is 0.213 e. The third-order valence-corrected chi connectivity index (χ3v) is 3.39. The minimum Gasteiger partial charge on any atom is -0.481 e. The van der Waals surface area contributed by atoms with Gasteiger partial charge in [-0.05, 0) is 42.6 Å². The number of nitrogens with zero attached hydrogens (tertiary/aromatic N) is 1. The Balaban J connectivity index is 2.14. The van der Waals surface area contributed by atoms with Crippen LogP contribution in [-0.2, 0) is 0 Å². The quantitative estimate of drug-likeness (QED) is 0.866. The number of pyridine rings is 1. The highest BCUT2D eigenvalue weighted by molar-refractivity contribution is 5.64. The van der Waals surface area contributed by atoms with Gasteiger partial charge in [0.1, 0.15) is 0 Å². The summed E-state index contributed by atoms with van der Waals surface area (Å²) in [7, 11) is 1.64. The van der Waals surface area contributed by atoms with Gasteiger partial charge in [0.25, 0.3) is 0 Å². The van der Waals surface area contributed by atoms with E-state index >= 15 is 0 Å². The van der Waals surface area contributed by atoms with Gasteiger partial charge in [-0.25, -0.2) is 4.98 Å². The molecule has 3 heteroatoms. The Morgan fingerprint density at radius 1 is 1.15 bits per heavy atom. The summed E-state index contributed by atoms with van der Waals surface area (Å²) in [4.78, 5) is 4.13. The third kappa shape index (κ3) is 3.58. The number of hydrogen-bond donors (Lipinski definition) is 1. The number of nitrogens with one attached hydrogen (secondary N) is 1. The van der Waals surface area contributed by atoms with Gasteiger partial charge < -0.3 is 10.1 Å². The molecule has 20 heavy (non-hydrogen) atoms. The van der Waals surface area contributed by atoms with Gasteiger partial charge in [-0.1, -0.05) is 31.2 Å². The number of benzene rings is 1. The largest absolute Gasteiger partial charge is 0.481 e. The van der Waals surface area contributed by atoms with Crippen molar-refractivity contribution in [2.45, 2.75) is 26.3 Å². The molecule has 0 bridgehead atoms. The van der Waals surface area contributed by atoms with Crippen LogP contribution in [0.3, 0.4) is 0 Å². The van der Waals surface area contributed by atoms with E-state index in [1.165, 1.54) is 11.1 Å². The van der Waals surface area contributed by atoms with Crippen LogP contribution in [-0.4, -0.2) is 18.6 Å². The fraction of sp³-hybridized carbons (Fsp3) is 0.353. The van der Waals surface area contributed by atoms with Crippen molar-refractivity contribution >= 4 is 0 Å². The minimum atomic E-state index is 0.385. The molecule has 0 amide bonds. The fourth-order valence-electron chi connectivity index (χ4n) is 2.14. The van der Waals surface area contributed by atoms with Crippen molar-refractivity contribution in [2.75, 3.05) is 13.7 Å². The van der Waals surface area contributed by atoms with Crippen molar-refractivity contribution in [2.24, 2.45) is 0 Å². The van der Waals surface area contributed by atoms with Crippen molar-refractivity contribution in [3.8, 4) is 17.0 Å². The Labute approximate surface area is 121 Å². The summed E-state index contributed by atoms with van der Waals surface area (Å²) in [6, 6.07) is 13.0. The van der Waals surface area contributed by atoms with Crippen LogP contribution in [0.1, 0.15) is 31.9 Å². The van der Waals surface area contributed by atoms with Gasteiger partial charge >= 0.3 is 0 Å². The van der Waals surface area contributed by atoms with Crippen LogP contribution < -0.4 is 10.1 Å². The molecule has 1 aromatic carbocycles. The lowest BCUT2D eigenvalue weighted by Crippen LogP contribution is -2.19. The second-order valence-electron chi connectivity index (χ2n) is 4.88. The number of ether oxygens (including phenoxy) is 1. The first-order valence-electron chi connectivity index (χ1n) is 7.08. The zero-order valence-corrected chi connectivity index (χ0v) is 12.4. The number of aromatic nitrogens is 1. The van der Waals surface area contributed by atoms with Gasteiger partial charge in [-0.2, -0.15) is 0 Å². The second kappa shape index (κ2) is 7.06. The summed E-state index contributed by atoms with van der Waals surface area (Å²) in [6.07, 6.45) is 2.92. The molecule has 0 radical (unpaired) electrons. The highest BCUT2D eigenvalue weighted by Gasteiger charge is 2.05. The van der Waals surface area contributed by atoms with Crippen LogP contribution in [0.2, 0.25) is 0 Å². The van der Waals surface area contributed by atoms with Gasteiger partial charge in [-0.15, -0.1) is 0 Å². The predicted octanol–water partition coefficient (Wildman–Crippen LogP) is 3.82. The molecule has 1 aromatic heterocycles. The number of methoxy groups -OCH3 is 1. The normalized spacial score (nSPS) is 12.2. The predicted molar refractivity (Wildman–Crippen MR) is 82.9 cm³/mol. The van der Waals surface area contributed by atoms with E-state index in [2.05, 4.69) is 48.4 Å². The van der Waals surface area contributed by atoms with E-state index in [9.17, 15) is 0 Å². The first kappa shape index (κ1) is 14.5. The number of hydrogen-bond acceptors (Lipinski definition) is 3. The molecule has 1 N–H and O–H groups in total. The molecule has 0 saturated heterocycles. The molecule has 106 valence electrons. The van der Waals surface area contributed by atoms with Gasteiger partial charge in [-0.3, -0.25) is 0 Å².